The first-order valence-corrected chi connectivity index (χ1v) is 15.1. The molecule has 0 radical (unpaired) electrons. The number of hydrogen-bond donors (Lipinski definition) is 2. The second kappa shape index (κ2) is 10.5. The summed E-state index contributed by atoms with van der Waals surface area (Å²) in [5.41, 5.74) is 2.64. The quantitative estimate of drug-likeness (QED) is 0.370. The molecule has 2 saturated carbocycles. The van der Waals surface area contributed by atoms with E-state index in [2.05, 4.69) is 16.5 Å². The minimum Gasteiger partial charge on any atom is -0.493 e. The summed E-state index contributed by atoms with van der Waals surface area (Å²) in [4.78, 5) is 15.1. The fourth-order valence-corrected chi connectivity index (χ4v) is 6.86. The lowest BCUT2D eigenvalue weighted by atomic mass is 9.95. The van der Waals surface area contributed by atoms with E-state index < -0.39 is 15.8 Å². The van der Waals surface area contributed by atoms with Gasteiger partial charge < -0.3 is 4.74 Å². The third-order valence-electron chi connectivity index (χ3n) is 7.57. The number of carbonyl (C=O) groups excluding carboxylic acids is 1. The molecule has 0 aromatic heterocycles. The maximum atomic E-state index is 12.7. The van der Waals surface area contributed by atoms with Crippen molar-refractivity contribution in [3.63, 3.8) is 0 Å². The second-order valence-electron chi connectivity index (χ2n) is 10.4. The van der Waals surface area contributed by atoms with Crippen LogP contribution in [0, 0.1) is 10.7 Å². The molecule has 1 unspecified atom stereocenters. The molecule has 1 saturated heterocycles. The van der Waals surface area contributed by atoms with Crippen LogP contribution in [-0.4, -0.2) is 40.0 Å². The highest BCUT2D eigenvalue weighted by Gasteiger charge is 2.34. The van der Waals surface area contributed by atoms with Crippen LogP contribution in [0.15, 0.2) is 36.4 Å². The second-order valence-corrected chi connectivity index (χ2v) is 13.4. The summed E-state index contributed by atoms with van der Waals surface area (Å²) in [6, 6.07) is 11.5. The maximum absolute atomic E-state index is 12.7. The Labute approximate surface area is 223 Å². The van der Waals surface area contributed by atoms with E-state index in [1.807, 2.05) is 24.3 Å². The molecule has 2 aromatic rings. The minimum atomic E-state index is -3.07. The molecular weight excluding hydrogens is 517 g/mol. The number of likely N-dealkylation sites (tertiary alicyclic amines) is 1. The van der Waals surface area contributed by atoms with Crippen molar-refractivity contribution in [2.45, 2.75) is 62.7 Å². The van der Waals surface area contributed by atoms with Crippen LogP contribution in [0.1, 0.15) is 78.9 Å². The van der Waals surface area contributed by atoms with Gasteiger partial charge in [-0.15, -0.1) is 0 Å². The molecule has 0 bridgehead atoms. The monoisotopic (exact) mass is 549 g/mol. The van der Waals surface area contributed by atoms with Crippen molar-refractivity contribution in [2.24, 2.45) is 5.92 Å². The number of nitrogens with one attached hydrogen (secondary N) is 2. The highest BCUT2D eigenvalue weighted by molar-refractivity contribution is 7.92. The van der Waals surface area contributed by atoms with E-state index in [4.69, 9.17) is 32.7 Å². The molecule has 2 N–H and O–H groups in total. The average molecular weight is 551 g/mol. The molecule has 36 heavy (non-hydrogen) atoms. The van der Waals surface area contributed by atoms with E-state index in [1.54, 1.807) is 12.1 Å². The molecule has 9 heteroatoms. The minimum absolute atomic E-state index is 0.204. The van der Waals surface area contributed by atoms with Crippen molar-refractivity contribution in [3.05, 3.63) is 63.1 Å². The summed E-state index contributed by atoms with van der Waals surface area (Å²) < 4.78 is 29.1. The topological polar surface area (TPSA) is 82.5 Å². The number of nitrogens with zero attached hydrogens (tertiary/aromatic N) is 1. The Hall–Kier alpha value is -1.80. The lowest BCUT2D eigenvalue weighted by Gasteiger charge is -2.36. The highest BCUT2D eigenvalue weighted by Crippen LogP contribution is 2.45. The van der Waals surface area contributed by atoms with Gasteiger partial charge in [0.2, 0.25) is 0 Å². The molecule has 6 nitrogen and oxygen atoms in total. The normalized spacial score (nSPS) is 21.5. The Kier molecular flexibility index (Phi) is 7.55. The number of benzene rings is 2. The fraction of sp³-hybridized carbons (Fsp3) is 0.519. The SMILES string of the molecule is C[C@@H](c1cc(Cl)cc(Cl)c1)N1CCC(COc2ccc(C(=O)NS(=N)(=O)C3CC3)cc2C2CC2)CC1. The summed E-state index contributed by atoms with van der Waals surface area (Å²) in [5, 5.41) is 1.13. The number of hydrogen-bond acceptors (Lipinski definition) is 5. The van der Waals surface area contributed by atoms with Crippen LogP contribution in [0.3, 0.4) is 0 Å². The van der Waals surface area contributed by atoms with Gasteiger partial charge in [0.05, 0.1) is 11.9 Å². The van der Waals surface area contributed by atoms with Gasteiger partial charge in [0, 0.05) is 21.7 Å². The zero-order valence-corrected chi connectivity index (χ0v) is 22.8. The third kappa shape index (κ3) is 6.18. The van der Waals surface area contributed by atoms with Gasteiger partial charge in [0.25, 0.3) is 5.91 Å². The van der Waals surface area contributed by atoms with Crippen molar-refractivity contribution in [3.8, 4) is 5.75 Å². The predicted molar refractivity (Wildman–Crippen MR) is 144 cm³/mol. The van der Waals surface area contributed by atoms with Crippen molar-refractivity contribution >= 4 is 39.0 Å². The number of halogens is 2. The molecule has 3 fully saturated rings. The molecule has 2 aromatic carbocycles. The van der Waals surface area contributed by atoms with E-state index in [0.717, 1.165) is 68.5 Å². The van der Waals surface area contributed by atoms with Gasteiger partial charge in [-0.3, -0.25) is 14.4 Å². The summed E-state index contributed by atoms with van der Waals surface area (Å²) in [6.07, 6.45) is 5.77. The Balaban J connectivity index is 1.17. The molecule has 1 amide bonds. The number of rotatable bonds is 9. The van der Waals surface area contributed by atoms with Crippen LogP contribution in [0.5, 0.6) is 5.75 Å². The third-order valence-corrected chi connectivity index (χ3v) is 9.90. The molecular formula is C27H33Cl2N3O3S. The lowest BCUT2D eigenvalue weighted by Crippen LogP contribution is -2.37. The Bertz CT molecular complexity index is 1220. The van der Waals surface area contributed by atoms with E-state index in [0.29, 0.717) is 34.1 Å². The molecule has 2 aliphatic carbocycles. The van der Waals surface area contributed by atoms with Crippen LogP contribution in [0.2, 0.25) is 10.0 Å². The first kappa shape index (κ1) is 25.8. The fourth-order valence-electron chi connectivity index (χ4n) is 4.96. The summed E-state index contributed by atoms with van der Waals surface area (Å²) in [7, 11) is -3.07. The van der Waals surface area contributed by atoms with Crippen molar-refractivity contribution in [2.75, 3.05) is 19.7 Å². The largest absolute Gasteiger partial charge is 0.493 e. The molecule has 2 atom stereocenters. The van der Waals surface area contributed by atoms with Crippen LogP contribution in [0.4, 0.5) is 0 Å². The van der Waals surface area contributed by atoms with E-state index in [9.17, 15) is 9.00 Å². The first-order valence-electron chi connectivity index (χ1n) is 12.8. The van der Waals surface area contributed by atoms with Crippen LogP contribution in [0.25, 0.3) is 0 Å². The Morgan fingerprint density at radius 2 is 1.75 bits per heavy atom. The van der Waals surface area contributed by atoms with Crippen LogP contribution in [-0.2, 0) is 9.92 Å². The van der Waals surface area contributed by atoms with E-state index in [1.165, 1.54) is 0 Å². The van der Waals surface area contributed by atoms with Gasteiger partial charge in [0.15, 0.2) is 0 Å². The molecule has 0 spiro atoms. The molecule has 1 heterocycles. The van der Waals surface area contributed by atoms with Crippen LogP contribution < -0.4 is 9.46 Å². The summed E-state index contributed by atoms with van der Waals surface area (Å²) in [6.45, 7) is 4.82. The summed E-state index contributed by atoms with van der Waals surface area (Å²) in [5.74, 6) is 1.28. The van der Waals surface area contributed by atoms with Gasteiger partial charge >= 0.3 is 0 Å². The number of amides is 1. The van der Waals surface area contributed by atoms with Crippen LogP contribution >= 0.6 is 23.2 Å². The highest BCUT2D eigenvalue weighted by atomic mass is 35.5. The maximum Gasteiger partial charge on any atom is 0.263 e. The lowest BCUT2D eigenvalue weighted by molar-refractivity contribution is 0.0982. The molecule has 1 aliphatic heterocycles. The first-order chi connectivity index (χ1) is 17.2. The zero-order chi connectivity index (χ0) is 25.4. The smallest absolute Gasteiger partial charge is 0.263 e. The van der Waals surface area contributed by atoms with E-state index >= 15 is 0 Å². The standard InChI is InChI=1S/C27H33Cl2N3O3S/c1-17(21-12-22(28)15-23(29)13-21)32-10-8-18(9-11-32)16-35-26-7-4-20(14-25(26)19-2-3-19)27(33)31-36(30,34)24-5-6-24/h4,7,12-15,17-19,24H,2-3,5-6,8-11,16H2,1H3,(H2,30,31,33,34)/t17-,36?/m0/s1. The number of ether oxygens (including phenoxy) is 1. The van der Waals surface area contributed by atoms with E-state index in [-0.39, 0.29) is 11.3 Å². The summed E-state index contributed by atoms with van der Waals surface area (Å²) >= 11 is 12.4. The van der Waals surface area contributed by atoms with Gasteiger partial charge in [0.1, 0.15) is 15.7 Å². The number of carbonyl (C=O) groups is 1. The molecule has 5 rings (SSSR count). The van der Waals surface area contributed by atoms with Crippen molar-refractivity contribution in [1.29, 1.82) is 4.78 Å². The Morgan fingerprint density at radius 3 is 2.36 bits per heavy atom. The average Bonchev–Trinajstić information content (AvgIpc) is 3.74. The van der Waals surface area contributed by atoms with Gasteiger partial charge in [-0.2, -0.15) is 0 Å². The van der Waals surface area contributed by atoms with Gasteiger partial charge in [-0.1, -0.05) is 23.2 Å². The zero-order valence-electron chi connectivity index (χ0n) is 20.5. The number of piperidine rings is 1. The van der Waals surface area contributed by atoms with Crippen molar-refractivity contribution in [1.82, 2.24) is 9.62 Å². The Morgan fingerprint density at radius 1 is 1.08 bits per heavy atom. The van der Waals surface area contributed by atoms with Gasteiger partial charge in [-0.25, -0.2) is 8.99 Å². The molecule has 194 valence electrons. The predicted octanol–water partition coefficient (Wildman–Crippen LogP) is 6.58. The molecule has 3 aliphatic rings. The van der Waals surface area contributed by atoms with Crippen molar-refractivity contribution < 1.29 is 13.7 Å². The van der Waals surface area contributed by atoms with Gasteiger partial charge in [-0.05, 0) is 118 Å².